The molecule has 6 nitrogen and oxygen atoms in total. The summed E-state index contributed by atoms with van der Waals surface area (Å²) in [4.78, 5) is 0. The zero-order valence-corrected chi connectivity index (χ0v) is 26.5. The number of nitrogens with zero attached hydrogens (tertiary/aromatic N) is 1. The highest BCUT2D eigenvalue weighted by molar-refractivity contribution is 7.83. The predicted octanol–water partition coefficient (Wildman–Crippen LogP) is 7.97. The maximum Gasteiger partial charge on any atom is 0.335 e. The Morgan fingerprint density at radius 3 is 2.50 bits per heavy atom. The topological polar surface area (TPSA) is 76.1 Å². The molecule has 3 aliphatic carbocycles. The molecule has 42 heavy (non-hydrogen) atoms. The summed E-state index contributed by atoms with van der Waals surface area (Å²) in [6.45, 7) is 6.70. The van der Waals surface area contributed by atoms with E-state index in [1.165, 1.54) is 41.1 Å². The number of rotatable bonds is 15. The van der Waals surface area contributed by atoms with Gasteiger partial charge in [-0.3, -0.25) is 4.55 Å². The van der Waals surface area contributed by atoms with Crippen molar-refractivity contribution in [3.8, 4) is 5.75 Å². The molecule has 5 atom stereocenters. The van der Waals surface area contributed by atoms with E-state index in [2.05, 4.69) is 56.3 Å². The molecular formula is C35H51NO5S. The fraction of sp³-hybridized carbons (Fsp3) is 0.657. The highest BCUT2D eigenvalue weighted by Gasteiger charge is 2.55. The fourth-order valence-electron chi connectivity index (χ4n) is 8.29. The standard InChI is InChI=1S/C35H51NO5S/c1-3-4-9-22-36(42(37,38)39)23-10-6-11-24-40-34-19-18-33-32-16-14-28-25-29(41-26-27-12-7-5-8-13-27)15-17-30(28)31(32)20-21-35(33,34)2/h5,7-8,12-13,15,17,25,31-34H,3-4,6,9-11,14,16,18-24,26H2,1-2H3,(H,37,38,39)/t31-,32-,33+,34-,35+/m1/s1. The minimum absolute atomic E-state index is 0.248. The third kappa shape index (κ3) is 7.40. The van der Waals surface area contributed by atoms with Gasteiger partial charge in [-0.15, -0.1) is 0 Å². The van der Waals surface area contributed by atoms with Crippen LogP contribution in [-0.4, -0.2) is 43.1 Å². The van der Waals surface area contributed by atoms with Gasteiger partial charge in [-0.25, -0.2) is 0 Å². The van der Waals surface area contributed by atoms with Gasteiger partial charge in [-0.2, -0.15) is 12.7 Å². The van der Waals surface area contributed by atoms with Gasteiger partial charge in [0.25, 0.3) is 0 Å². The number of aryl methyl sites for hydroxylation is 1. The molecule has 0 unspecified atom stereocenters. The van der Waals surface area contributed by atoms with Crippen LogP contribution in [0.15, 0.2) is 48.5 Å². The zero-order chi connectivity index (χ0) is 29.6. The molecule has 0 radical (unpaired) electrons. The Labute approximate surface area is 254 Å². The SMILES string of the molecule is CCCCCN(CCCCCO[C@@H]1CC[C@H]2[C@@H]3CCc4cc(OCc5ccccc5)ccc4[C@H]3CC[C@]12C)S(=O)(=O)O. The molecule has 2 fully saturated rings. The van der Waals surface area contributed by atoms with Crippen LogP contribution in [0, 0.1) is 17.3 Å². The lowest BCUT2D eigenvalue weighted by molar-refractivity contribution is -0.0647. The molecule has 2 aromatic rings. The molecule has 7 heteroatoms. The molecule has 3 aliphatic rings. The zero-order valence-electron chi connectivity index (χ0n) is 25.7. The Bertz CT molecular complexity index is 1250. The van der Waals surface area contributed by atoms with Gasteiger partial charge in [0, 0.05) is 19.7 Å². The molecule has 0 amide bonds. The number of hydrogen-bond donors (Lipinski definition) is 1. The van der Waals surface area contributed by atoms with Crippen LogP contribution in [-0.2, 0) is 28.1 Å². The summed E-state index contributed by atoms with van der Waals surface area (Å²) in [7, 11) is -4.12. The van der Waals surface area contributed by atoms with Gasteiger partial charge in [0.2, 0.25) is 0 Å². The van der Waals surface area contributed by atoms with E-state index in [0.29, 0.717) is 31.7 Å². The lowest BCUT2D eigenvalue weighted by atomic mass is 9.55. The van der Waals surface area contributed by atoms with Gasteiger partial charge in [-0.05, 0) is 116 Å². The van der Waals surface area contributed by atoms with Gasteiger partial charge in [0.1, 0.15) is 12.4 Å². The summed E-state index contributed by atoms with van der Waals surface area (Å²) in [5.41, 5.74) is 4.48. The molecule has 0 saturated heterocycles. The van der Waals surface area contributed by atoms with Gasteiger partial charge in [0.05, 0.1) is 6.10 Å². The van der Waals surface area contributed by atoms with E-state index >= 15 is 0 Å². The Morgan fingerprint density at radius 2 is 1.74 bits per heavy atom. The van der Waals surface area contributed by atoms with Crippen LogP contribution in [0.2, 0.25) is 0 Å². The maximum absolute atomic E-state index is 11.7. The lowest BCUT2D eigenvalue weighted by Gasteiger charge is -2.50. The van der Waals surface area contributed by atoms with Gasteiger partial charge in [-0.1, -0.05) is 63.1 Å². The Hall–Kier alpha value is -1.93. The van der Waals surface area contributed by atoms with Crippen molar-refractivity contribution in [2.24, 2.45) is 17.3 Å². The number of benzene rings is 2. The maximum atomic E-state index is 11.7. The summed E-state index contributed by atoms with van der Waals surface area (Å²) in [5.74, 6) is 3.08. The minimum atomic E-state index is -4.12. The first-order chi connectivity index (χ1) is 20.3. The van der Waals surface area contributed by atoms with Crippen molar-refractivity contribution in [1.29, 1.82) is 0 Å². The largest absolute Gasteiger partial charge is 0.489 e. The van der Waals surface area contributed by atoms with Crippen molar-refractivity contribution in [3.63, 3.8) is 0 Å². The average Bonchev–Trinajstić information content (AvgIpc) is 3.32. The first-order valence-electron chi connectivity index (χ1n) is 16.4. The molecule has 2 saturated carbocycles. The number of unbranched alkanes of at least 4 members (excludes halogenated alkanes) is 4. The van der Waals surface area contributed by atoms with Gasteiger partial charge in [0.15, 0.2) is 0 Å². The molecule has 0 aromatic heterocycles. The Balaban J connectivity index is 1.09. The van der Waals surface area contributed by atoms with Crippen molar-refractivity contribution in [2.45, 2.75) is 110 Å². The molecule has 0 bridgehead atoms. The molecule has 5 rings (SSSR count). The third-order valence-electron chi connectivity index (χ3n) is 10.6. The average molecular weight is 598 g/mol. The summed E-state index contributed by atoms with van der Waals surface area (Å²) in [5, 5.41) is 0. The Morgan fingerprint density at radius 1 is 0.952 bits per heavy atom. The third-order valence-corrected chi connectivity index (χ3v) is 11.6. The van der Waals surface area contributed by atoms with E-state index in [0.717, 1.165) is 75.6 Å². The van der Waals surface area contributed by atoms with Crippen molar-refractivity contribution >= 4 is 10.3 Å². The van der Waals surface area contributed by atoms with Crippen molar-refractivity contribution < 1.29 is 22.4 Å². The van der Waals surface area contributed by atoms with Crippen LogP contribution in [0.3, 0.4) is 0 Å². The molecule has 0 spiro atoms. The van der Waals surface area contributed by atoms with E-state index in [4.69, 9.17) is 9.47 Å². The Kier molecular flexibility index (Phi) is 10.7. The summed E-state index contributed by atoms with van der Waals surface area (Å²) in [6, 6.07) is 17.2. The molecule has 232 valence electrons. The lowest BCUT2D eigenvalue weighted by Crippen LogP contribution is -2.44. The van der Waals surface area contributed by atoms with E-state index in [9.17, 15) is 13.0 Å². The molecule has 0 aliphatic heterocycles. The number of fused-ring (bicyclic) bond motifs is 5. The summed E-state index contributed by atoms with van der Waals surface area (Å²) >= 11 is 0. The molecule has 0 heterocycles. The van der Waals surface area contributed by atoms with E-state index in [1.807, 2.05) is 6.07 Å². The highest BCUT2D eigenvalue weighted by atomic mass is 32.2. The molecular weight excluding hydrogens is 546 g/mol. The normalized spacial score (nSPS) is 27.0. The quantitative estimate of drug-likeness (QED) is 0.166. The van der Waals surface area contributed by atoms with Crippen LogP contribution < -0.4 is 4.74 Å². The van der Waals surface area contributed by atoms with E-state index < -0.39 is 10.3 Å². The summed E-state index contributed by atoms with van der Waals surface area (Å²) in [6.07, 6.45) is 13.0. The predicted molar refractivity (Wildman–Crippen MR) is 168 cm³/mol. The van der Waals surface area contributed by atoms with Crippen LogP contribution in [0.25, 0.3) is 0 Å². The highest BCUT2D eigenvalue weighted by Crippen LogP contribution is 2.61. The van der Waals surface area contributed by atoms with Gasteiger partial charge >= 0.3 is 10.3 Å². The second-order valence-corrected chi connectivity index (χ2v) is 14.6. The first-order valence-corrected chi connectivity index (χ1v) is 17.8. The minimum Gasteiger partial charge on any atom is -0.489 e. The smallest absolute Gasteiger partial charge is 0.335 e. The first kappa shape index (κ1) is 31.5. The monoisotopic (exact) mass is 597 g/mol. The van der Waals surface area contributed by atoms with Crippen LogP contribution >= 0.6 is 0 Å². The van der Waals surface area contributed by atoms with E-state index in [1.54, 1.807) is 5.56 Å². The van der Waals surface area contributed by atoms with Crippen LogP contribution in [0.4, 0.5) is 0 Å². The van der Waals surface area contributed by atoms with E-state index in [-0.39, 0.29) is 5.41 Å². The van der Waals surface area contributed by atoms with Crippen LogP contribution in [0.1, 0.15) is 107 Å². The van der Waals surface area contributed by atoms with Crippen LogP contribution in [0.5, 0.6) is 5.75 Å². The number of ether oxygens (including phenoxy) is 2. The second kappa shape index (κ2) is 14.2. The van der Waals surface area contributed by atoms with Crippen molar-refractivity contribution in [2.75, 3.05) is 19.7 Å². The fourth-order valence-corrected chi connectivity index (χ4v) is 9.01. The second-order valence-electron chi connectivity index (χ2n) is 13.2. The molecule has 1 N–H and O–H groups in total. The molecule has 2 aromatic carbocycles. The number of hydrogen-bond acceptors (Lipinski definition) is 4. The van der Waals surface area contributed by atoms with Crippen molar-refractivity contribution in [3.05, 3.63) is 65.2 Å². The van der Waals surface area contributed by atoms with Crippen molar-refractivity contribution in [1.82, 2.24) is 4.31 Å². The van der Waals surface area contributed by atoms with Gasteiger partial charge < -0.3 is 9.47 Å². The summed E-state index contributed by atoms with van der Waals surface area (Å²) < 4.78 is 46.9.